The predicted molar refractivity (Wildman–Crippen MR) is 111 cm³/mol. The molecule has 0 aromatic heterocycles. The van der Waals surface area contributed by atoms with Crippen LogP contribution in [0, 0.1) is 0 Å². The molecule has 39 heavy (non-hydrogen) atoms. The van der Waals surface area contributed by atoms with Gasteiger partial charge < -0.3 is 4.74 Å². The molecule has 0 N–H and O–H groups in total. The molecule has 0 bridgehead atoms. The molecule has 0 saturated carbocycles. The molecule has 0 heterocycles. The highest BCUT2D eigenvalue weighted by atomic mass is 19.4. The van der Waals surface area contributed by atoms with Gasteiger partial charge in [-0.3, -0.25) is 0 Å². The van der Waals surface area contributed by atoms with Crippen LogP contribution >= 0.6 is 0 Å². The first-order valence-corrected chi connectivity index (χ1v) is 10.4. The van der Waals surface area contributed by atoms with Crippen LogP contribution < -0.4 is 0 Å². The van der Waals surface area contributed by atoms with Crippen LogP contribution in [0.25, 0.3) is 11.1 Å². The van der Waals surface area contributed by atoms with E-state index in [0.717, 1.165) is 24.3 Å². The molecule has 2 aromatic carbocycles. The molecule has 216 valence electrons. The molecule has 0 radical (unpaired) electrons. The molecule has 0 spiro atoms. The van der Waals surface area contributed by atoms with Crippen molar-refractivity contribution < 1.29 is 66.2 Å². The summed E-state index contributed by atoms with van der Waals surface area (Å²) < 4.78 is 190. The van der Waals surface area contributed by atoms with Gasteiger partial charge in [-0.1, -0.05) is 60.7 Å². The lowest BCUT2D eigenvalue weighted by Crippen LogP contribution is -2.52. The third-order valence-corrected chi connectivity index (χ3v) is 5.17. The van der Waals surface area contributed by atoms with Gasteiger partial charge >= 0.3 is 36.0 Å². The highest BCUT2D eigenvalue weighted by Crippen LogP contribution is 2.51. The van der Waals surface area contributed by atoms with E-state index >= 15 is 0 Å². The van der Waals surface area contributed by atoms with Crippen molar-refractivity contribution in [3.8, 4) is 0 Å². The van der Waals surface area contributed by atoms with Gasteiger partial charge in [0.1, 0.15) is 0 Å². The van der Waals surface area contributed by atoms with E-state index in [1.165, 1.54) is 36.4 Å². The van der Waals surface area contributed by atoms with Gasteiger partial charge in [0.25, 0.3) is 0 Å². The van der Waals surface area contributed by atoms with Crippen molar-refractivity contribution in [2.45, 2.75) is 48.9 Å². The molecular formula is C24H16F14O. The Morgan fingerprint density at radius 3 is 1.03 bits per heavy atom. The minimum absolute atomic E-state index is 0.165. The highest BCUT2D eigenvalue weighted by Gasteiger charge is 2.73. The summed E-state index contributed by atoms with van der Waals surface area (Å²) >= 11 is 0. The largest absolute Gasteiger partial charge is 0.472 e. The zero-order valence-electron chi connectivity index (χ0n) is 19.0. The number of ether oxygens (including phenoxy) is 1. The van der Waals surface area contributed by atoms with Crippen molar-refractivity contribution in [1.29, 1.82) is 0 Å². The van der Waals surface area contributed by atoms with Crippen LogP contribution in [0.4, 0.5) is 61.5 Å². The van der Waals surface area contributed by atoms with Crippen molar-refractivity contribution in [2.24, 2.45) is 0 Å². The van der Waals surface area contributed by atoms with Gasteiger partial charge in [-0.05, 0) is 11.1 Å². The second-order valence-corrected chi connectivity index (χ2v) is 8.06. The van der Waals surface area contributed by atoms with E-state index in [9.17, 15) is 61.5 Å². The van der Waals surface area contributed by atoms with Crippen LogP contribution in [0.5, 0.6) is 0 Å². The first-order chi connectivity index (χ1) is 17.6. The maximum Gasteiger partial charge on any atom is 0.459 e. The Kier molecular flexibility index (Phi) is 9.08. The minimum Gasteiger partial charge on any atom is -0.472 e. The Morgan fingerprint density at radius 1 is 0.487 bits per heavy atom. The summed E-state index contributed by atoms with van der Waals surface area (Å²) in [4.78, 5) is 0. The fraction of sp³-hybridized carbons (Fsp3) is 0.333. The Labute approximate surface area is 211 Å². The van der Waals surface area contributed by atoms with Crippen molar-refractivity contribution in [1.82, 2.24) is 0 Å². The zero-order chi connectivity index (χ0) is 29.9. The summed E-state index contributed by atoms with van der Waals surface area (Å²) in [5, 5.41) is 0. The zero-order valence-corrected chi connectivity index (χ0v) is 19.0. The smallest absolute Gasteiger partial charge is 0.459 e. The number of benzene rings is 2. The van der Waals surface area contributed by atoms with E-state index in [0.29, 0.717) is 0 Å². The lowest BCUT2D eigenvalue weighted by atomic mass is 9.96. The van der Waals surface area contributed by atoms with E-state index < -0.39 is 60.0 Å². The highest BCUT2D eigenvalue weighted by molar-refractivity contribution is 5.67. The number of hydrogen-bond acceptors (Lipinski definition) is 1. The van der Waals surface area contributed by atoms with Gasteiger partial charge in [-0.2, -0.15) is 61.5 Å². The Hall–Kier alpha value is -3.26. The average Bonchev–Trinajstić information content (AvgIpc) is 2.82. The lowest BCUT2D eigenvalue weighted by Gasteiger charge is -2.29. The number of rotatable bonds is 10. The second-order valence-electron chi connectivity index (χ2n) is 8.06. The molecule has 2 rings (SSSR count). The van der Waals surface area contributed by atoms with E-state index in [2.05, 4.69) is 0 Å². The van der Waals surface area contributed by atoms with Crippen LogP contribution in [-0.2, 0) is 4.74 Å². The normalized spacial score (nSPS) is 14.9. The quantitative estimate of drug-likeness (QED) is 0.199. The van der Waals surface area contributed by atoms with Crippen LogP contribution in [-0.4, -0.2) is 36.0 Å². The van der Waals surface area contributed by atoms with Gasteiger partial charge in [-0.15, -0.1) is 0 Å². The molecule has 0 atom stereocenters. The minimum atomic E-state index is -6.66. The Morgan fingerprint density at radius 2 is 0.769 bits per heavy atom. The Balaban J connectivity index is 2.53. The summed E-state index contributed by atoms with van der Waals surface area (Å²) in [6, 6.07) is 11.3. The van der Waals surface area contributed by atoms with Crippen molar-refractivity contribution in [3.63, 3.8) is 0 Å². The second kappa shape index (κ2) is 11.1. The number of hydrogen-bond donors (Lipinski definition) is 0. The molecule has 0 fully saturated rings. The van der Waals surface area contributed by atoms with Gasteiger partial charge in [0.2, 0.25) is 0 Å². The van der Waals surface area contributed by atoms with Gasteiger partial charge in [-0.25, -0.2) is 0 Å². The van der Waals surface area contributed by atoms with E-state index in [4.69, 9.17) is 4.74 Å². The third kappa shape index (κ3) is 7.04. The van der Waals surface area contributed by atoms with Gasteiger partial charge in [0.05, 0.1) is 12.5 Å². The molecule has 2 aromatic rings. The number of allylic oxidation sites excluding steroid dienone is 2. The van der Waals surface area contributed by atoms with Crippen LogP contribution in [0.2, 0.25) is 0 Å². The van der Waals surface area contributed by atoms with Crippen LogP contribution in [0.3, 0.4) is 0 Å². The van der Waals surface area contributed by atoms with Crippen molar-refractivity contribution >= 4 is 11.1 Å². The number of halogens is 14. The summed E-state index contributed by atoms with van der Waals surface area (Å²) in [5.74, 6) is -24.5. The maximum atomic E-state index is 14.1. The predicted octanol–water partition coefficient (Wildman–Crippen LogP) is 9.53. The molecule has 0 unspecified atom stereocenters. The molecule has 0 aliphatic heterocycles. The van der Waals surface area contributed by atoms with Crippen LogP contribution in [0.15, 0.2) is 73.2 Å². The molecule has 1 nitrogen and oxygen atoms in total. The fourth-order valence-corrected chi connectivity index (χ4v) is 3.04. The number of alkyl halides is 14. The van der Waals surface area contributed by atoms with Crippen LogP contribution in [0.1, 0.15) is 24.0 Å². The summed E-state index contributed by atoms with van der Waals surface area (Å²) in [5.41, 5.74) is -2.78. The Bertz CT molecular complexity index is 1060. The van der Waals surface area contributed by atoms with Gasteiger partial charge in [0.15, 0.2) is 0 Å². The van der Waals surface area contributed by atoms with E-state index in [-0.39, 0.29) is 23.7 Å². The first kappa shape index (κ1) is 32.0. The third-order valence-electron chi connectivity index (χ3n) is 5.17. The lowest BCUT2D eigenvalue weighted by molar-refractivity contribution is -0.353. The van der Waals surface area contributed by atoms with Gasteiger partial charge in [0, 0.05) is 24.0 Å². The molecule has 15 heteroatoms. The maximum absolute atomic E-state index is 14.1. The molecule has 0 aliphatic rings. The monoisotopic (exact) mass is 586 g/mol. The summed E-state index contributed by atoms with van der Waals surface area (Å²) in [6.07, 6.45) is -17.6. The molecule has 0 amide bonds. The van der Waals surface area contributed by atoms with Crippen molar-refractivity contribution in [3.05, 3.63) is 84.3 Å². The van der Waals surface area contributed by atoms with Crippen molar-refractivity contribution in [2.75, 3.05) is 0 Å². The first-order valence-electron chi connectivity index (χ1n) is 10.4. The topological polar surface area (TPSA) is 9.23 Å². The SMILES string of the molecule is FC(F)(F)C(F)(F)C(F)(F)CC(=COC=C(CC(F)(F)C(F)(F)C(F)(F)F)c1ccccc1)c1ccccc1. The van der Waals surface area contributed by atoms with E-state index in [1.54, 1.807) is 0 Å². The summed E-state index contributed by atoms with van der Waals surface area (Å²) in [7, 11) is 0. The average molecular weight is 586 g/mol. The molecule has 0 saturated heterocycles. The molecule has 0 aliphatic carbocycles. The standard InChI is InChI=1S/C24H16F14O/c25-19(26,21(29,30)23(33,34)35)11-17(15-7-3-1-4-8-15)13-39-14-18(16-9-5-2-6-10-16)12-20(27,28)22(31,32)24(36,37)38/h1-10,13-14H,11-12H2. The van der Waals surface area contributed by atoms with E-state index in [1.807, 2.05) is 0 Å². The fourth-order valence-electron chi connectivity index (χ4n) is 3.04. The summed E-state index contributed by atoms with van der Waals surface area (Å²) in [6.45, 7) is 0. The molecular weight excluding hydrogens is 570 g/mol.